The number of hydrogen-bond acceptors (Lipinski definition) is 4. The summed E-state index contributed by atoms with van der Waals surface area (Å²) in [4.78, 5) is 27.5. The highest BCUT2D eigenvalue weighted by atomic mass is 16.4. The van der Waals surface area contributed by atoms with Crippen molar-refractivity contribution in [2.24, 2.45) is 5.92 Å². The molecular weight excluding hydrogens is 284 g/mol. The van der Waals surface area contributed by atoms with Crippen LogP contribution in [0.15, 0.2) is 41.0 Å². The lowest BCUT2D eigenvalue weighted by Crippen LogP contribution is -2.40. The molecule has 22 heavy (non-hydrogen) atoms. The molecule has 1 fully saturated rings. The molecule has 1 aliphatic carbocycles. The van der Waals surface area contributed by atoms with Crippen LogP contribution in [0, 0.1) is 5.92 Å². The number of rotatable bonds is 4. The van der Waals surface area contributed by atoms with Crippen molar-refractivity contribution in [2.45, 2.75) is 25.3 Å². The molecule has 0 spiro atoms. The summed E-state index contributed by atoms with van der Waals surface area (Å²) in [7, 11) is 0. The first-order valence-electron chi connectivity index (χ1n) is 7.20. The number of carbonyl (C=O) groups is 2. The topological polar surface area (TPSA) is 92.4 Å². The van der Waals surface area contributed by atoms with Crippen molar-refractivity contribution >= 4 is 11.9 Å². The number of carboxylic acid groups (broad SMARTS) is 1. The molecule has 0 saturated heterocycles. The Kier molecular flexibility index (Phi) is 3.91. The number of carboxylic acids is 1. The Morgan fingerprint density at radius 1 is 1.23 bits per heavy atom. The van der Waals surface area contributed by atoms with Crippen LogP contribution in [-0.2, 0) is 4.79 Å². The Balaban J connectivity index is 1.71. The van der Waals surface area contributed by atoms with Crippen molar-refractivity contribution in [3.05, 3.63) is 42.3 Å². The molecule has 3 rings (SSSR count). The second-order valence-corrected chi connectivity index (χ2v) is 5.36. The number of hydrogen-bond donors (Lipinski definition) is 2. The summed E-state index contributed by atoms with van der Waals surface area (Å²) >= 11 is 0. The minimum atomic E-state index is -0.868. The fourth-order valence-corrected chi connectivity index (χ4v) is 2.76. The van der Waals surface area contributed by atoms with Crippen molar-refractivity contribution in [3.8, 4) is 11.5 Å². The van der Waals surface area contributed by atoms with Crippen LogP contribution in [0.4, 0.5) is 0 Å². The Labute approximate surface area is 127 Å². The van der Waals surface area contributed by atoms with E-state index in [-0.39, 0.29) is 11.7 Å². The van der Waals surface area contributed by atoms with E-state index in [0.29, 0.717) is 18.7 Å². The Hall–Kier alpha value is -2.63. The zero-order chi connectivity index (χ0) is 15.5. The van der Waals surface area contributed by atoms with Gasteiger partial charge in [0.15, 0.2) is 5.69 Å². The zero-order valence-corrected chi connectivity index (χ0v) is 11.9. The summed E-state index contributed by atoms with van der Waals surface area (Å²) in [5.41, 5.74) is 0.945. The van der Waals surface area contributed by atoms with Crippen LogP contribution < -0.4 is 5.32 Å². The smallest absolute Gasteiger partial charge is 0.308 e. The van der Waals surface area contributed by atoms with E-state index in [2.05, 4.69) is 10.3 Å². The highest BCUT2D eigenvalue weighted by Gasteiger charge is 2.34. The average Bonchev–Trinajstić information content (AvgIpc) is 3.17. The van der Waals surface area contributed by atoms with Gasteiger partial charge in [-0.2, -0.15) is 0 Å². The van der Waals surface area contributed by atoms with Gasteiger partial charge < -0.3 is 14.8 Å². The van der Waals surface area contributed by atoms with Crippen molar-refractivity contribution in [2.75, 3.05) is 0 Å². The third kappa shape index (κ3) is 2.86. The zero-order valence-electron chi connectivity index (χ0n) is 11.9. The Bertz CT molecular complexity index is 680. The molecule has 1 heterocycles. The largest absolute Gasteiger partial charge is 0.481 e. The number of aliphatic carboxylic acids is 1. The number of oxazole rings is 1. The van der Waals surface area contributed by atoms with E-state index in [9.17, 15) is 9.59 Å². The van der Waals surface area contributed by atoms with Gasteiger partial charge in [0.05, 0.1) is 5.92 Å². The Morgan fingerprint density at radius 3 is 2.73 bits per heavy atom. The maximum absolute atomic E-state index is 12.2. The van der Waals surface area contributed by atoms with Gasteiger partial charge in [-0.1, -0.05) is 24.6 Å². The molecule has 1 amide bonds. The summed E-state index contributed by atoms with van der Waals surface area (Å²) in [6.45, 7) is 0. The lowest BCUT2D eigenvalue weighted by atomic mass is 10.0. The van der Waals surface area contributed by atoms with Crippen LogP contribution >= 0.6 is 0 Å². The van der Waals surface area contributed by atoms with Crippen LogP contribution in [0.1, 0.15) is 29.8 Å². The molecule has 2 aromatic rings. The molecule has 6 nitrogen and oxygen atoms in total. The predicted molar refractivity (Wildman–Crippen MR) is 78.2 cm³/mol. The van der Waals surface area contributed by atoms with Crippen LogP contribution in [0.25, 0.3) is 11.5 Å². The number of carbonyl (C=O) groups excluding carboxylic acids is 1. The molecule has 1 aliphatic rings. The lowest BCUT2D eigenvalue weighted by Gasteiger charge is -2.16. The van der Waals surface area contributed by atoms with Crippen LogP contribution in [0.5, 0.6) is 0 Å². The van der Waals surface area contributed by atoms with Gasteiger partial charge in [-0.25, -0.2) is 4.98 Å². The second kappa shape index (κ2) is 6.01. The summed E-state index contributed by atoms with van der Waals surface area (Å²) in [6, 6.07) is 8.92. The van der Waals surface area contributed by atoms with E-state index in [1.807, 2.05) is 30.3 Å². The minimum Gasteiger partial charge on any atom is -0.481 e. The minimum absolute atomic E-state index is 0.162. The van der Waals surface area contributed by atoms with E-state index in [1.54, 1.807) is 0 Å². The van der Waals surface area contributed by atoms with Gasteiger partial charge >= 0.3 is 5.97 Å². The lowest BCUT2D eigenvalue weighted by molar-refractivity contribution is -0.142. The van der Waals surface area contributed by atoms with Gasteiger partial charge in [-0.3, -0.25) is 9.59 Å². The first-order chi connectivity index (χ1) is 10.6. The molecule has 0 bridgehead atoms. The fourth-order valence-electron chi connectivity index (χ4n) is 2.76. The molecule has 2 unspecified atom stereocenters. The Morgan fingerprint density at radius 2 is 2.00 bits per heavy atom. The third-order valence-corrected chi connectivity index (χ3v) is 3.91. The van der Waals surface area contributed by atoms with E-state index in [0.717, 1.165) is 12.0 Å². The molecule has 114 valence electrons. The first kappa shape index (κ1) is 14.3. The fraction of sp³-hybridized carbons (Fsp3) is 0.312. The molecule has 1 aromatic heterocycles. The van der Waals surface area contributed by atoms with Gasteiger partial charge in [0.25, 0.3) is 5.91 Å². The van der Waals surface area contributed by atoms with Gasteiger partial charge in [0, 0.05) is 11.6 Å². The van der Waals surface area contributed by atoms with E-state index in [4.69, 9.17) is 9.52 Å². The van der Waals surface area contributed by atoms with Gasteiger partial charge in [-0.05, 0) is 25.0 Å². The molecule has 1 saturated carbocycles. The van der Waals surface area contributed by atoms with Gasteiger partial charge in [-0.15, -0.1) is 0 Å². The van der Waals surface area contributed by atoms with Crippen molar-refractivity contribution in [3.63, 3.8) is 0 Å². The number of nitrogens with one attached hydrogen (secondary N) is 1. The van der Waals surface area contributed by atoms with E-state index in [1.165, 1.54) is 6.26 Å². The highest BCUT2D eigenvalue weighted by molar-refractivity contribution is 5.93. The first-order valence-corrected chi connectivity index (χ1v) is 7.20. The second-order valence-electron chi connectivity index (χ2n) is 5.36. The van der Waals surface area contributed by atoms with Crippen molar-refractivity contribution < 1.29 is 19.1 Å². The normalized spacial score (nSPS) is 20.7. The maximum atomic E-state index is 12.2. The van der Waals surface area contributed by atoms with Gasteiger partial charge in [0.1, 0.15) is 6.26 Å². The molecular formula is C16H16N2O4. The standard InChI is InChI=1S/C16H16N2O4/c19-14(17-12-8-4-7-11(12)16(20)21)13-9-22-15(18-13)10-5-2-1-3-6-10/h1-3,5-6,9,11-12H,4,7-8H2,(H,17,19)(H,20,21). The van der Waals surface area contributed by atoms with Gasteiger partial charge in [0.2, 0.25) is 5.89 Å². The summed E-state index contributed by atoms with van der Waals surface area (Å²) < 4.78 is 5.32. The molecule has 0 aliphatic heterocycles. The summed E-state index contributed by atoms with van der Waals surface area (Å²) in [6.07, 6.45) is 3.36. The van der Waals surface area contributed by atoms with Crippen LogP contribution in [0.3, 0.4) is 0 Å². The van der Waals surface area contributed by atoms with Crippen LogP contribution in [0.2, 0.25) is 0 Å². The average molecular weight is 300 g/mol. The number of amides is 1. The summed E-state index contributed by atoms with van der Waals surface area (Å²) in [5, 5.41) is 11.9. The monoisotopic (exact) mass is 300 g/mol. The molecule has 0 radical (unpaired) electrons. The number of nitrogens with zero attached hydrogens (tertiary/aromatic N) is 1. The number of benzene rings is 1. The number of aromatic nitrogens is 1. The van der Waals surface area contributed by atoms with Crippen molar-refractivity contribution in [1.29, 1.82) is 0 Å². The molecule has 2 atom stereocenters. The van der Waals surface area contributed by atoms with E-state index >= 15 is 0 Å². The SMILES string of the molecule is O=C(NC1CCCC1C(=O)O)c1coc(-c2ccccc2)n1. The van der Waals surface area contributed by atoms with Crippen molar-refractivity contribution in [1.82, 2.24) is 10.3 Å². The van der Waals surface area contributed by atoms with Crippen LogP contribution in [-0.4, -0.2) is 28.0 Å². The molecule has 2 N–H and O–H groups in total. The third-order valence-electron chi connectivity index (χ3n) is 3.91. The predicted octanol–water partition coefficient (Wildman–Crippen LogP) is 2.32. The summed E-state index contributed by atoms with van der Waals surface area (Å²) in [5.74, 6) is -1.42. The molecule has 1 aromatic carbocycles. The maximum Gasteiger partial charge on any atom is 0.308 e. The highest BCUT2D eigenvalue weighted by Crippen LogP contribution is 2.26. The van der Waals surface area contributed by atoms with E-state index < -0.39 is 17.8 Å². The quantitative estimate of drug-likeness (QED) is 0.904. The molecule has 6 heteroatoms.